The van der Waals surface area contributed by atoms with E-state index < -0.39 is 0 Å². The van der Waals surface area contributed by atoms with Crippen molar-refractivity contribution in [1.82, 2.24) is 0 Å². The van der Waals surface area contributed by atoms with Gasteiger partial charge >= 0.3 is 0 Å². The van der Waals surface area contributed by atoms with Gasteiger partial charge in [0.1, 0.15) is 7.18 Å². The molecular weight excluding hydrogens is 115 g/mol. The predicted octanol–water partition coefficient (Wildman–Crippen LogP) is -2.25. The molecule has 0 atom stereocenters. The number of halogens is 2. The standard InChI is InChI=1S/CH2F.FH.Zn/c1-2;;/h1H2;1H;/p-1. The summed E-state index contributed by atoms with van der Waals surface area (Å²) < 4.78 is 9.25. The Bertz CT molecular complexity index is 6.00. The molecule has 0 saturated carbocycles. The molecule has 0 aromatic carbocycles. The van der Waals surface area contributed by atoms with Gasteiger partial charge in [-0.3, -0.25) is 0 Å². The van der Waals surface area contributed by atoms with Crippen LogP contribution in [0.15, 0.2) is 0 Å². The van der Waals surface area contributed by atoms with Gasteiger partial charge in [-0.05, 0) is 0 Å². The first kappa shape index (κ1) is 24.7. The molecule has 0 fully saturated rings. The molecule has 0 aliphatic carbocycles. The van der Waals surface area contributed by atoms with Crippen LogP contribution in [0.4, 0.5) is 4.39 Å². The van der Waals surface area contributed by atoms with Crippen molar-refractivity contribution in [3.05, 3.63) is 7.18 Å². The number of hydrogen-bond donors (Lipinski definition) is 0. The summed E-state index contributed by atoms with van der Waals surface area (Å²) in [4.78, 5) is 0. The summed E-state index contributed by atoms with van der Waals surface area (Å²) in [7, 11) is 1.75. The van der Waals surface area contributed by atoms with E-state index in [0.717, 1.165) is 0 Å². The minimum Gasteiger partial charge on any atom is -1.00 e. The second-order valence-electron chi connectivity index (χ2n) is 0. The van der Waals surface area contributed by atoms with Crippen LogP contribution >= 0.6 is 0 Å². The molecule has 0 nitrogen and oxygen atoms in total. The van der Waals surface area contributed by atoms with Gasteiger partial charge in [0, 0.05) is 19.5 Å². The average molecular weight is 117 g/mol. The first-order chi connectivity index (χ1) is 1.00. The van der Waals surface area contributed by atoms with Gasteiger partial charge in [-0.25, -0.2) is 4.39 Å². The Balaban J connectivity index is -0.00000000500. The summed E-state index contributed by atoms with van der Waals surface area (Å²) in [6.07, 6.45) is 0. The molecule has 0 aliphatic heterocycles. The Kier molecular flexibility index (Phi) is 568. The second-order valence-corrected chi connectivity index (χ2v) is 0. The fourth-order valence-corrected chi connectivity index (χ4v) is 0. The third kappa shape index (κ3) is 23.4. The van der Waals surface area contributed by atoms with E-state index in [1.807, 2.05) is 0 Å². The Hall–Kier alpha value is 0.483. The average Bonchev–Trinajstić information content (AvgIpc) is 1.00. The minimum atomic E-state index is 0. The molecular formula is CH2F2Zn-. The van der Waals surface area contributed by atoms with Crippen LogP contribution in [0.5, 0.6) is 0 Å². The molecule has 0 heterocycles. The van der Waals surface area contributed by atoms with E-state index in [2.05, 4.69) is 0 Å². The van der Waals surface area contributed by atoms with Crippen LogP contribution in [0, 0.1) is 7.18 Å². The zero-order valence-electron chi connectivity index (χ0n) is 2.17. The molecule has 0 amide bonds. The summed E-state index contributed by atoms with van der Waals surface area (Å²) in [5, 5.41) is 0. The first-order valence-corrected chi connectivity index (χ1v) is 0.267. The fraction of sp³-hybridized carbons (Fsp3) is 0. The third-order valence-corrected chi connectivity index (χ3v) is 0. The minimum absolute atomic E-state index is 0. The van der Waals surface area contributed by atoms with Crippen molar-refractivity contribution in [2.75, 3.05) is 0 Å². The van der Waals surface area contributed by atoms with Crippen LogP contribution in [-0.2, 0) is 19.5 Å². The molecule has 3 heteroatoms. The van der Waals surface area contributed by atoms with Gasteiger partial charge in [0.25, 0.3) is 0 Å². The maximum atomic E-state index is 9.25. The SMILES string of the molecule is [CH2]F.[F-].[Zn]. The quantitative estimate of drug-likeness (QED) is 0.315. The smallest absolute Gasteiger partial charge is 0.118 e. The van der Waals surface area contributed by atoms with Gasteiger partial charge in [0.15, 0.2) is 0 Å². The molecule has 0 bridgehead atoms. The Morgan fingerprint density at radius 2 is 1.25 bits per heavy atom. The summed E-state index contributed by atoms with van der Waals surface area (Å²) in [5.41, 5.74) is 0. The molecule has 0 spiro atoms. The van der Waals surface area contributed by atoms with Gasteiger partial charge in [0.05, 0.1) is 0 Å². The number of hydrogen-bond acceptors (Lipinski definition) is 0. The molecule has 4 heavy (non-hydrogen) atoms. The van der Waals surface area contributed by atoms with E-state index in [1.165, 1.54) is 0 Å². The van der Waals surface area contributed by atoms with Crippen molar-refractivity contribution in [1.29, 1.82) is 0 Å². The molecule has 0 N–H and O–H groups in total. The molecule has 23 valence electrons. The van der Waals surface area contributed by atoms with Gasteiger partial charge in [0.2, 0.25) is 0 Å². The first-order valence-electron chi connectivity index (χ1n) is 0.267. The summed E-state index contributed by atoms with van der Waals surface area (Å²) >= 11 is 0. The molecule has 1 radical (unpaired) electrons. The van der Waals surface area contributed by atoms with Crippen LogP contribution in [-0.4, -0.2) is 0 Å². The summed E-state index contributed by atoms with van der Waals surface area (Å²) in [6, 6.07) is 0. The number of rotatable bonds is 0. The Morgan fingerprint density at radius 3 is 1.25 bits per heavy atom. The van der Waals surface area contributed by atoms with Crippen molar-refractivity contribution < 1.29 is 28.6 Å². The fourth-order valence-electron chi connectivity index (χ4n) is 0. The van der Waals surface area contributed by atoms with E-state index in [9.17, 15) is 4.39 Å². The van der Waals surface area contributed by atoms with Crippen LogP contribution in [0.3, 0.4) is 0 Å². The monoisotopic (exact) mass is 116 g/mol. The maximum Gasteiger partial charge on any atom is 0.118 e. The van der Waals surface area contributed by atoms with Gasteiger partial charge in [-0.2, -0.15) is 0 Å². The molecule has 0 aromatic heterocycles. The van der Waals surface area contributed by atoms with Crippen molar-refractivity contribution >= 4 is 0 Å². The van der Waals surface area contributed by atoms with E-state index in [1.54, 1.807) is 7.18 Å². The second kappa shape index (κ2) is 91.9. The molecule has 0 aliphatic rings. The van der Waals surface area contributed by atoms with E-state index in [4.69, 9.17) is 0 Å². The van der Waals surface area contributed by atoms with Crippen molar-refractivity contribution in [2.45, 2.75) is 0 Å². The maximum absolute atomic E-state index is 9.25. The van der Waals surface area contributed by atoms with E-state index in [0.29, 0.717) is 0 Å². The topological polar surface area (TPSA) is 0 Å². The van der Waals surface area contributed by atoms with Crippen LogP contribution < -0.4 is 4.70 Å². The zero-order valence-corrected chi connectivity index (χ0v) is 5.14. The van der Waals surface area contributed by atoms with E-state index in [-0.39, 0.29) is 24.2 Å². The van der Waals surface area contributed by atoms with Crippen LogP contribution in [0.2, 0.25) is 0 Å². The molecule has 0 aromatic rings. The van der Waals surface area contributed by atoms with Crippen molar-refractivity contribution in [3.63, 3.8) is 0 Å². The van der Waals surface area contributed by atoms with Gasteiger partial charge in [-0.15, -0.1) is 0 Å². The van der Waals surface area contributed by atoms with Crippen LogP contribution in [0.1, 0.15) is 0 Å². The normalized spacial score (nSPS) is 1.50. The van der Waals surface area contributed by atoms with Crippen molar-refractivity contribution in [2.24, 2.45) is 0 Å². The largest absolute Gasteiger partial charge is 1.00 e. The zero-order chi connectivity index (χ0) is 2.00. The van der Waals surface area contributed by atoms with Gasteiger partial charge in [-0.1, -0.05) is 0 Å². The Morgan fingerprint density at radius 1 is 1.25 bits per heavy atom. The van der Waals surface area contributed by atoms with Gasteiger partial charge < -0.3 is 4.70 Å². The molecule has 0 rings (SSSR count). The van der Waals surface area contributed by atoms with Crippen LogP contribution in [0.25, 0.3) is 0 Å². The third-order valence-electron chi connectivity index (χ3n) is 0. The van der Waals surface area contributed by atoms with Crippen molar-refractivity contribution in [3.8, 4) is 0 Å². The Labute approximate surface area is 36.5 Å². The predicted molar refractivity (Wildman–Crippen MR) is 6.46 cm³/mol. The molecule has 0 saturated heterocycles. The summed E-state index contributed by atoms with van der Waals surface area (Å²) in [6.45, 7) is 0. The van der Waals surface area contributed by atoms with E-state index >= 15 is 0 Å². The summed E-state index contributed by atoms with van der Waals surface area (Å²) in [5.74, 6) is 0. The molecule has 0 unspecified atom stereocenters.